The van der Waals surface area contributed by atoms with Gasteiger partial charge in [0.15, 0.2) is 0 Å². The van der Waals surface area contributed by atoms with E-state index in [1.807, 2.05) is 0 Å². The number of aromatic nitrogens is 1. The molecular weight excluding hydrogens is 1060 g/mol. The molecule has 11 atom stereocenters. The minimum atomic E-state index is -2.41. The molecule has 1 saturated heterocycles. The average molecular weight is 1130 g/mol. The predicted molar refractivity (Wildman–Crippen MR) is 280 cm³/mol. The normalized spacial score (nSPS) is 25.4. The smallest absolute Gasteiger partial charge is 0.407 e. The minimum Gasteiger partial charge on any atom is -0.508 e. The number of H-pyrrole nitrogens is 1. The zero-order valence-corrected chi connectivity index (χ0v) is 46.1. The number of aromatic amines is 1. The summed E-state index contributed by atoms with van der Waals surface area (Å²) in [6, 6.07) is -6.12. The molecule has 28 heteroatoms. The quantitative estimate of drug-likeness (QED) is 0.0707. The van der Waals surface area contributed by atoms with Crippen LogP contribution in [0.25, 0.3) is 10.9 Å². The number of carbonyl (C=O) groups is 11. The van der Waals surface area contributed by atoms with E-state index >= 15 is 0 Å². The summed E-state index contributed by atoms with van der Waals surface area (Å²) < 4.78 is 25.4. The summed E-state index contributed by atoms with van der Waals surface area (Å²) >= 11 is 0. The maximum absolute atomic E-state index is 14.9. The van der Waals surface area contributed by atoms with Crippen LogP contribution in [0.3, 0.4) is 0 Å². The van der Waals surface area contributed by atoms with Gasteiger partial charge in [0.05, 0.1) is 47.4 Å². The second-order valence-corrected chi connectivity index (χ2v) is 22.6. The topological polar surface area (TPSA) is 399 Å². The van der Waals surface area contributed by atoms with E-state index < -0.39 is 187 Å². The van der Waals surface area contributed by atoms with Gasteiger partial charge in [-0.1, -0.05) is 33.6 Å². The first-order valence-corrected chi connectivity index (χ1v) is 27.5. The van der Waals surface area contributed by atoms with Crippen molar-refractivity contribution in [1.29, 1.82) is 0 Å². The van der Waals surface area contributed by atoms with E-state index in [2.05, 4.69) is 47.5 Å². The van der Waals surface area contributed by atoms with Crippen molar-refractivity contribution in [3.05, 3.63) is 23.8 Å². The van der Waals surface area contributed by atoms with Crippen LogP contribution in [0.5, 0.6) is 5.75 Å². The van der Waals surface area contributed by atoms with Crippen molar-refractivity contribution < 1.29 is 81.7 Å². The predicted octanol–water partition coefficient (Wildman–Crippen LogP) is -2.18. The molecule has 0 spiro atoms. The Labute approximate surface area is 458 Å². The van der Waals surface area contributed by atoms with Crippen LogP contribution < -0.4 is 42.5 Å². The Bertz CT molecular complexity index is 2660. The van der Waals surface area contributed by atoms with Gasteiger partial charge in [0.2, 0.25) is 47.3 Å². The highest BCUT2D eigenvalue weighted by molar-refractivity contribution is 7.85. The molecule has 12 N–H and O–H groups in total. The molecule has 1 aromatic heterocycles. The third-order valence-corrected chi connectivity index (χ3v) is 15.0. The van der Waals surface area contributed by atoms with Gasteiger partial charge >= 0.3 is 12.1 Å². The zero-order chi connectivity index (χ0) is 58.5. The summed E-state index contributed by atoms with van der Waals surface area (Å²) in [6.07, 6.45) is -3.71. The number of alkyl carbamates (subject to hydrolysis) is 1. The first-order chi connectivity index (χ1) is 37.1. The average Bonchev–Trinajstić information content (AvgIpc) is 4.01. The van der Waals surface area contributed by atoms with E-state index in [-0.39, 0.29) is 46.2 Å². The van der Waals surface area contributed by atoms with E-state index in [1.54, 1.807) is 34.6 Å². The van der Waals surface area contributed by atoms with Gasteiger partial charge in [-0.25, -0.2) is 4.79 Å². The van der Waals surface area contributed by atoms with Crippen LogP contribution >= 0.6 is 0 Å². The van der Waals surface area contributed by atoms with Crippen LogP contribution in [0.1, 0.15) is 99.0 Å². The number of aliphatic hydroxyl groups is 2. The van der Waals surface area contributed by atoms with Crippen molar-refractivity contribution >= 4 is 86.8 Å². The lowest BCUT2D eigenvalue weighted by atomic mass is 9.93. The number of ether oxygens (including phenoxy) is 2. The molecule has 79 heavy (non-hydrogen) atoms. The highest BCUT2D eigenvalue weighted by Gasteiger charge is 2.45. The van der Waals surface area contributed by atoms with Gasteiger partial charge < -0.3 is 77.2 Å². The van der Waals surface area contributed by atoms with E-state index in [4.69, 9.17) is 9.47 Å². The molecule has 2 aromatic rings. The summed E-state index contributed by atoms with van der Waals surface area (Å²) in [7, 11) is -2.41. The number of hydrogen-bond acceptors (Lipinski definition) is 17. The van der Waals surface area contributed by atoms with E-state index in [0.717, 1.165) is 11.8 Å². The molecule has 0 saturated carbocycles. The number of aromatic hydroxyl groups is 1. The number of benzene rings is 1. The molecule has 4 heterocycles. The number of phenolic OH excluding ortho intramolecular Hbond substituents is 1. The van der Waals surface area contributed by atoms with Crippen molar-refractivity contribution in [3.8, 4) is 5.75 Å². The Morgan fingerprint density at radius 1 is 0.848 bits per heavy atom. The third kappa shape index (κ3) is 17.9. The molecule has 3 unspecified atom stereocenters. The van der Waals surface area contributed by atoms with Crippen LogP contribution in [0.4, 0.5) is 4.79 Å². The molecule has 2 bridgehead atoms. The number of ketones is 1. The minimum absolute atomic E-state index is 0.0615. The number of amides is 9. The number of carbonyl (C=O) groups excluding carboxylic acids is 11. The molecule has 3 aliphatic rings. The van der Waals surface area contributed by atoms with Crippen LogP contribution in [0, 0.1) is 11.8 Å². The Hall–Kier alpha value is -7.20. The van der Waals surface area contributed by atoms with E-state index in [0.29, 0.717) is 25.7 Å². The summed E-state index contributed by atoms with van der Waals surface area (Å²) in [4.78, 5) is 155. The molecular formula is C51H74N10O17S. The maximum Gasteiger partial charge on any atom is 0.407 e. The zero-order valence-electron chi connectivity index (χ0n) is 45.3. The number of hydrogen-bond donors (Lipinski definition) is 12. The van der Waals surface area contributed by atoms with Crippen LogP contribution in [0.2, 0.25) is 0 Å². The highest BCUT2D eigenvalue weighted by Crippen LogP contribution is 2.30. The summed E-state index contributed by atoms with van der Waals surface area (Å²) in [5, 5.41) is 52.9. The lowest BCUT2D eigenvalue weighted by Crippen LogP contribution is -2.62. The van der Waals surface area contributed by atoms with Gasteiger partial charge in [-0.15, -0.1) is 0 Å². The number of phenols is 1. The van der Waals surface area contributed by atoms with Crippen molar-refractivity contribution in [2.75, 3.05) is 38.5 Å². The Morgan fingerprint density at radius 2 is 1.53 bits per heavy atom. The number of nitrogens with zero attached hydrogens (tertiary/aromatic N) is 1. The fourth-order valence-corrected chi connectivity index (χ4v) is 10.5. The number of fused-ring (bicyclic) bond motifs is 5. The second kappa shape index (κ2) is 28.1. The standard InChI is InChI=1S/C51H74N10O17S/c1-8-25(2)41-46(72)54-20-38(66)55-35-24-79(76)48-31(30-14-13-28(63)17-32(30)58-48)19-33(43(69)53-21-39(67)59-41)56-47(73)42(27(4)37(65)23-77-50(75)52-15-11-9-10-12-40(68)78-51(5,6)7)60-45(71)36-18-29(64)22-61(36)49(74)34(16-26(3)62)57-44(35)70/h13-14,17,25,27,29,33-37,41-42,58,63-65H,8-12,15-16,18-24H2,1-7H3,(H,52,75)(H,53,69)(H,54,72)(H,55,66)(H,56,73)(H,57,70)(H,59,67)(H,60,71)/t25-,27-,29?,33?,34-,35?,36-,37-,41-,42-,79+/m0/s1. The Balaban J connectivity index is 1.57. The largest absolute Gasteiger partial charge is 0.508 e. The number of nitrogens with one attached hydrogen (secondary N) is 9. The SMILES string of the molecule is CC[C@H](C)[C@@H]1NC(=O)CNC(=O)C2Cc3c([nH]c4cc(O)ccc34)[S@](=O)CC(NC(=O)CNC1=O)C(=O)N[C@@H](CC(C)=O)C(=O)N1CC(O)C[C@H]1C(=O)N[C@@H]([C@@H](C)[C@@H](O)COC(=O)NCCCCCC(=O)OC(C)(C)C)C(=O)N2. The first kappa shape index (κ1) is 62.6. The van der Waals surface area contributed by atoms with Gasteiger partial charge in [0, 0.05) is 56.1 Å². The molecule has 27 nitrogen and oxygen atoms in total. The van der Waals surface area contributed by atoms with Gasteiger partial charge in [0.25, 0.3) is 0 Å². The van der Waals surface area contributed by atoms with Gasteiger partial charge in [0.1, 0.15) is 65.0 Å². The first-order valence-electron chi connectivity index (χ1n) is 26.2. The molecule has 436 valence electrons. The van der Waals surface area contributed by atoms with Crippen LogP contribution in [-0.4, -0.2) is 187 Å². The summed E-state index contributed by atoms with van der Waals surface area (Å²) in [5.74, 6) is -12.1. The summed E-state index contributed by atoms with van der Waals surface area (Å²) in [5.41, 5.74) is -0.416. The molecule has 1 fully saturated rings. The highest BCUT2D eigenvalue weighted by atomic mass is 32.2. The van der Waals surface area contributed by atoms with E-state index in [9.17, 15) is 72.3 Å². The molecule has 0 aliphatic carbocycles. The third-order valence-electron chi connectivity index (χ3n) is 13.6. The van der Waals surface area contributed by atoms with Crippen molar-refractivity contribution in [3.63, 3.8) is 0 Å². The molecule has 9 amide bonds. The second-order valence-electron chi connectivity index (χ2n) is 21.1. The Morgan fingerprint density at radius 3 is 2.20 bits per heavy atom. The fraction of sp³-hybridized carbons (Fsp3) is 0.627. The lowest BCUT2D eigenvalue weighted by molar-refractivity contribution is -0.155. The number of aliphatic hydroxyl groups excluding tert-OH is 2. The van der Waals surface area contributed by atoms with Gasteiger partial charge in [-0.3, -0.25) is 52.2 Å². The molecule has 5 rings (SSSR count). The van der Waals surface area contributed by atoms with Crippen molar-refractivity contribution in [1.82, 2.24) is 52.4 Å². The molecule has 3 aliphatic heterocycles. The van der Waals surface area contributed by atoms with Gasteiger partial charge in [-0.2, -0.15) is 0 Å². The maximum atomic E-state index is 14.9. The monoisotopic (exact) mass is 1130 g/mol. The van der Waals surface area contributed by atoms with Crippen LogP contribution in [-0.2, 0) is 74.6 Å². The number of Topliss-reactive ketones (excluding diaryl/α,β-unsaturated/α-hetero) is 1. The lowest BCUT2D eigenvalue weighted by Gasteiger charge is -2.33. The number of esters is 1. The van der Waals surface area contributed by atoms with E-state index in [1.165, 1.54) is 25.1 Å². The Kier molecular flexibility index (Phi) is 22.3. The summed E-state index contributed by atoms with van der Waals surface area (Å²) in [6.45, 7) is 8.37. The van der Waals surface area contributed by atoms with Crippen molar-refractivity contribution in [2.24, 2.45) is 11.8 Å². The number of rotatable bonds is 14. The van der Waals surface area contributed by atoms with Crippen LogP contribution in [0.15, 0.2) is 23.2 Å². The van der Waals surface area contributed by atoms with Gasteiger partial charge in [-0.05, 0) is 64.2 Å². The fourth-order valence-electron chi connectivity index (χ4n) is 9.14. The molecule has 0 radical (unpaired) electrons. The molecule has 1 aromatic carbocycles. The number of unbranched alkanes of at least 4 members (excludes halogenated alkanes) is 2. The van der Waals surface area contributed by atoms with Crippen molar-refractivity contribution in [2.45, 2.75) is 159 Å².